The number of amides is 2. The summed E-state index contributed by atoms with van der Waals surface area (Å²) in [6.07, 6.45) is 2.02. The quantitative estimate of drug-likeness (QED) is 0.300. The molecule has 0 heterocycles. The number of rotatable bonds is 13. The van der Waals surface area contributed by atoms with Gasteiger partial charge in [0.1, 0.15) is 18.4 Å². The number of aryl methyl sites for hydroxylation is 1. The molecule has 0 aliphatic carbocycles. The number of carbonyl (C=O) groups excluding carboxylic acids is 2. The molecule has 0 bridgehead atoms. The predicted molar refractivity (Wildman–Crippen MR) is 151 cm³/mol. The zero-order valence-electron chi connectivity index (χ0n) is 22.6. The summed E-state index contributed by atoms with van der Waals surface area (Å²) >= 11 is 0. The maximum absolute atomic E-state index is 15.0. The Labute approximate surface area is 230 Å². The van der Waals surface area contributed by atoms with Gasteiger partial charge >= 0.3 is 0 Å². The van der Waals surface area contributed by atoms with Gasteiger partial charge in [0.15, 0.2) is 0 Å². The summed E-state index contributed by atoms with van der Waals surface area (Å²) in [6, 6.07) is 19.9. The minimum absolute atomic E-state index is 0.0666. The third kappa shape index (κ3) is 7.66. The van der Waals surface area contributed by atoms with Crippen LogP contribution in [0.15, 0.2) is 83.8 Å². The molecule has 7 nitrogen and oxygen atoms in total. The van der Waals surface area contributed by atoms with Crippen LogP contribution < -0.4 is 9.62 Å². The van der Waals surface area contributed by atoms with Gasteiger partial charge < -0.3 is 10.2 Å². The van der Waals surface area contributed by atoms with Crippen molar-refractivity contribution in [3.8, 4) is 0 Å². The number of hydrogen-bond donors (Lipinski definition) is 1. The molecule has 2 amide bonds. The van der Waals surface area contributed by atoms with Crippen LogP contribution in [0.4, 0.5) is 10.1 Å². The molecule has 1 N–H and O–H groups in total. The van der Waals surface area contributed by atoms with Crippen LogP contribution in [-0.2, 0) is 26.2 Å². The van der Waals surface area contributed by atoms with Crippen LogP contribution in [0.25, 0.3) is 0 Å². The van der Waals surface area contributed by atoms with Crippen molar-refractivity contribution >= 4 is 27.5 Å². The second-order valence-corrected chi connectivity index (χ2v) is 11.2. The number of para-hydroxylation sites is 1. The van der Waals surface area contributed by atoms with Gasteiger partial charge in [-0.05, 0) is 49.6 Å². The van der Waals surface area contributed by atoms with E-state index in [1.54, 1.807) is 19.1 Å². The molecule has 3 rings (SSSR count). The van der Waals surface area contributed by atoms with Crippen LogP contribution in [0.2, 0.25) is 0 Å². The minimum Gasteiger partial charge on any atom is -0.354 e. The second kappa shape index (κ2) is 13.9. The molecule has 0 saturated heterocycles. The SMILES string of the molecule is CCCCNC(=O)[C@H](CC)N(Cc1ccccc1)C(=O)CN(c1ccccc1F)S(=O)(=O)c1ccc(C)cc1. The number of carbonyl (C=O) groups is 2. The van der Waals surface area contributed by atoms with Crippen molar-refractivity contribution in [3.05, 3.63) is 95.8 Å². The Bertz CT molecular complexity index is 1350. The summed E-state index contributed by atoms with van der Waals surface area (Å²) < 4.78 is 43.3. The number of sulfonamides is 1. The van der Waals surface area contributed by atoms with Crippen molar-refractivity contribution in [3.63, 3.8) is 0 Å². The molecule has 0 spiro atoms. The summed E-state index contributed by atoms with van der Waals surface area (Å²) in [7, 11) is -4.32. The van der Waals surface area contributed by atoms with E-state index in [4.69, 9.17) is 0 Å². The van der Waals surface area contributed by atoms with Gasteiger partial charge in [0, 0.05) is 13.1 Å². The highest BCUT2D eigenvalue weighted by Gasteiger charge is 2.34. The number of anilines is 1. The third-order valence-electron chi connectivity index (χ3n) is 6.42. The zero-order chi connectivity index (χ0) is 28.4. The summed E-state index contributed by atoms with van der Waals surface area (Å²) in [4.78, 5) is 28.4. The number of hydrogen-bond acceptors (Lipinski definition) is 4. The monoisotopic (exact) mass is 553 g/mol. The molecular formula is C30H36FN3O4S. The van der Waals surface area contributed by atoms with E-state index in [-0.39, 0.29) is 23.0 Å². The maximum Gasteiger partial charge on any atom is 0.264 e. The van der Waals surface area contributed by atoms with E-state index < -0.39 is 34.3 Å². The highest BCUT2D eigenvalue weighted by atomic mass is 32.2. The van der Waals surface area contributed by atoms with Crippen molar-refractivity contribution in [2.45, 2.75) is 57.5 Å². The molecule has 3 aromatic carbocycles. The van der Waals surface area contributed by atoms with Crippen LogP contribution in [0.3, 0.4) is 0 Å². The minimum atomic E-state index is -4.32. The zero-order valence-corrected chi connectivity index (χ0v) is 23.5. The first-order valence-electron chi connectivity index (χ1n) is 13.1. The summed E-state index contributed by atoms with van der Waals surface area (Å²) in [5.41, 5.74) is 1.40. The fraction of sp³-hybridized carbons (Fsp3) is 0.333. The molecule has 1 atom stereocenters. The molecule has 0 saturated carbocycles. The lowest BCUT2D eigenvalue weighted by Crippen LogP contribution is -2.52. The number of benzene rings is 3. The van der Waals surface area contributed by atoms with Gasteiger partial charge in [-0.15, -0.1) is 0 Å². The first kappa shape index (κ1) is 29.8. The molecule has 9 heteroatoms. The highest BCUT2D eigenvalue weighted by Crippen LogP contribution is 2.27. The van der Waals surface area contributed by atoms with Gasteiger partial charge in [-0.2, -0.15) is 0 Å². The van der Waals surface area contributed by atoms with Crippen LogP contribution in [0, 0.1) is 12.7 Å². The van der Waals surface area contributed by atoms with Crippen LogP contribution >= 0.6 is 0 Å². The molecule has 3 aromatic rings. The topological polar surface area (TPSA) is 86.8 Å². The Morgan fingerprint density at radius 2 is 1.56 bits per heavy atom. The lowest BCUT2D eigenvalue weighted by Gasteiger charge is -2.33. The Hall–Kier alpha value is -3.72. The van der Waals surface area contributed by atoms with E-state index in [2.05, 4.69) is 5.32 Å². The Balaban J connectivity index is 2.03. The fourth-order valence-corrected chi connectivity index (χ4v) is 5.63. The van der Waals surface area contributed by atoms with Crippen molar-refractivity contribution < 1.29 is 22.4 Å². The Morgan fingerprint density at radius 1 is 0.923 bits per heavy atom. The molecule has 0 unspecified atom stereocenters. The molecular weight excluding hydrogens is 517 g/mol. The van der Waals surface area contributed by atoms with E-state index in [0.29, 0.717) is 13.0 Å². The Kier molecular flexibility index (Phi) is 10.6. The van der Waals surface area contributed by atoms with Crippen LogP contribution in [0.5, 0.6) is 0 Å². The lowest BCUT2D eigenvalue weighted by molar-refractivity contribution is -0.140. The summed E-state index contributed by atoms with van der Waals surface area (Å²) in [5.74, 6) is -1.70. The van der Waals surface area contributed by atoms with Crippen LogP contribution in [-0.4, -0.2) is 44.3 Å². The molecule has 0 fully saturated rings. The maximum atomic E-state index is 15.0. The number of nitrogens with zero attached hydrogens (tertiary/aromatic N) is 2. The van der Waals surface area contributed by atoms with Crippen molar-refractivity contribution in [1.29, 1.82) is 0 Å². The van der Waals surface area contributed by atoms with Gasteiger partial charge in [-0.25, -0.2) is 12.8 Å². The number of unbranched alkanes of at least 4 members (excludes halogenated alkanes) is 1. The normalized spacial score (nSPS) is 12.0. The van der Waals surface area contributed by atoms with Gasteiger partial charge in [0.2, 0.25) is 11.8 Å². The van der Waals surface area contributed by atoms with E-state index in [1.165, 1.54) is 35.2 Å². The first-order valence-corrected chi connectivity index (χ1v) is 14.6. The van der Waals surface area contributed by atoms with E-state index in [0.717, 1.165) is 34.3 Å². The summed E-state index contributed by atoms with van der Waals surface area (Å²) in [5, 5.41) is 2.89. The largest absolute Gasteiger partial charge is 0.354 e. The first-order chi connectivity index (χ1) is 18.7. The van der Waals surface area contributed by atoms with Gasteiger partial charge in [-0.1, -0.05) is 80.4 Å². The molecule has 0 aliphatic heterocycles. The number of halogens is 1. The van der Waals surface area contributed by atoms with Crippen molar-refractivity contribution in [2.75, 3.05) is 17.4 Å². The average Bonchev–Trinajstić information content (AvgIpc) is 2.93. The van der Waals surface area contributed by atoms with Crippen molar-refractivity contribution in [2.24, 2.45) is 0 Å². The molecule has 0 radical (unpaired) electrons. The molecule has 0 aromatic heterocycles. The fourth-order valence-electron chi connectivity index (χ4n) is 4.21. The van der Waals surface area contributed by atoms with Crippen LogP contribution in [0.1, 0.15) is 44.2 Å². The third-order valence-corrected chi connectivity index (χ3v) is 8.19. The Morgan fingerprint density at radius 3 is 2.18 bits per heavy atom. The van der Waals surface area contributed by atoms with Gasteiger partial charge in [0.05, 0.1) is 10.6 Å². The lowest BCUT2D eigenvalue weighted by atomic mass is 10.1. The van der Waals surface area contributed by atoms with E-state index in [1.807, 2.05) is 44.2 Å². The summed E-state index contributed by atoms with van der Waals surface area (Å²) in [6.45, 7) is 5.53. The molecule has 39 heavy (non-hydrogen) atoms. The van der Waals surface area contributed by atoms with E-state index in [9.17, 15) is 22.4 Å². The second-order valence-electron chi connectivity index (χ2n) is 9.35. The molecule has 208 valence electrons. The average molecular weight is 554 g/mol. The predicted octanol–water partition coefficient (Wildman–Crippen LogP) is 5.05. The van der Waals surface area contributed by atoms with Gasteiger partial charge in [0.25, 0.3) is 10.0 Å². The molecule has 0 aliphatic rings. The standard InChI is InChI=1S/C30H36FN3O4S/c1-4-6-20-32-30(36)27(5-2)33(21-24-12-8-7-9-13-24)29(35)22-34(28-15-11-10-14-26(28)31)39(37,38)25-18-16-23(3)17-19-25/h7-19,27H,4-6,20-22H2,1-3H3,(H,32,36)/t27-/m0/s1. The van der Waals surface area contributed by atoms with E-state index >= 15 is 0 Å². The van der Waals surface area contributed by atoms with Gasteiger partial charge in [-0.3, -0.25) is 13.9 Å². The smallest absolute Gasteiger partial charge is 0.264 e. The number of nitrogens with one attached hydrogen (secondary N) is 1. The van der Waals surface area contributed by atoms with Crippen molar-refractivity contribution in [1.82, 2.24) is 10.2 Å². The highest BCUT2D eigenvalue weighted by molar-refractivity contribution is 7.92.